The molecule has 0 fully saturated rings. The summed E-state index contributed by atoms with van der Waals surface area (Å²) in [6.45, 7) is -0.481. The van der Waals surface area contributed by atoms with Crippen LogP contribution in [-0.2, 0) is 17.8 Å². The third kappa shape index (κ3) is 2.83. The second kappa shape index (κ2) is 5.32. The highest BCUT2D eigenvalue weighted by Crippen LogP contribution is 2.17. The maximum atomic E-state index is 11.3. The van der Waals surface area contributed by atoms with Gasteiger partial charge in [0.2, 0.25) is 0 Å². The summed E-state index contributed by atoms with van der Waals surface area (Å²) in [5, 5.41) is 17.4. The van der Waals surface area contributed by atoms with Gasteiger partial charge in [0.15, 0.2) is 0 Å². The number of carboxylic acids is 1. The molecular formula is C10H12O6. The second-order valence-electron chi connectivity index (χ2n) is 3.10. The molecule has 6 heteroatoms. The number of aliphatic hydroxyl groups is 1. The van der Waals surface area contributed by atoms with E-state index in [-0.39, 0.29) is 29.9 Å². The van der Waals surface area contributed by atoms with Crippen molar-refractivity contribution < 1.29 is 24.2 Å². The first-order valence-corrected chi connectivity index (χ1v) is 4.61. The summed E-state index contributed by atoms with van der Waals surface area (Å²) in [5.41, 5.74) is -0.677. The predicted molar refractivity (Wildman–Crippen MR) is 53.4 cm³/mol. The predicted octanol–water partition coefficient (Wildman–Crippen LogP) is 0.158. The molecule has 1 aromatic heterocycles. The summed E-state index contributed by atoms with van der Waals surface area (Å²) in [4.78, 5) is 21.7. The number of carbonyl (C=O) groups is 1. The average molecular weight is 228 g/mol. The first-order chi connectivity index (χ1) is 7.58. The van der Waals surface area contributed by atoms with Gasteiger partial charge >= 0.3 is 11.6 Å². The summed E-state index contributed by atoms with van der Waals surface area (Å²) >= 11 is 0. The molecule has 1 aromatic rings. The average Bonchev–Trinajstić information content (AvgIpc) is 2.25. The maximum Gasteiger partial charge on any atom is 0.345 e. The number of rotatable bonds is 5. The van der Waals surface area contributed by atoms with Gasteiger partial charge in [-0.15, -0.1) is 0 Å². The highest BCUT2D eigenvalue weighted by molar-refractivity contribution is 5.66. The van der Waals surface area contributed by atoms with E-state index >= 15 is 0 Å². The third-order valence-corrected chi connectivity index (χ3v) is 2.02. The molecule has 2 N–H and O–H groups in total. The number of hydrogen-bond acceptors (Lipinski definition) is 5. The van der Waals surface area contributed by atoms with Gasteiger partial charge in [-0.1, -0.05) is 0 Å². The van der Waals surface area contributed by atoms with Crippen LogP contribution >= 0.6 is 0 Å². The zero-order valence-corrected chi connectivity index (χ0v) is 8.73. The zero-order valence-electron chi connectivity index (χ0n) is 8.73. The Labute approximate surface area is 91.1 Å². The molecule has 0 bridgehead atoms. The van der Waals surface area contributed by atoms with Crippen LogP contribution in [0.5, 0.6) is 5.75 Å². The standard InChI is InChI=1S/C10H12O6/c1-15-8-4-6(2-3-9(12)13)16-10(14)7(8)5-11/h4,11H,2-3,5H2,1H3,(H,12,13). The van der Waals surface area contributed by atoms with Crippen molar-refractivity contribution in [3.05, 3.63) is 27.8 Å². The lowest BCUT2D eigenvalue weighted by molar-refractivity contribution is -0.137. The number of methoxy groups -OCH3 is 1. The minimum Gasteiger partial charge on any atom is -0.496 e. The van der Waals surface area contributed by atoms with Crippen molar-refractivity contribution in [1.82, 2.24) is 0 Å². The quantitative estimate of drug-likeness (QED) is 0.745. The van der Waals surface area contributed by atoms with Gasteiger partial charge in [-0.25, -0.2) is 4.79 Å². The van der Waals surface area contributed by atoms with Crippen molar-refractivity contribution in [3.63, 3.8) is 0 Å². The third-order valence-electron chi connectivity index (χ3n) is 2.02. The molecule has 0 aromatic carbocycles. The number of hydrogen-bond donors (Lipinski definition) is 2. The maximum absolute atomic E-state index is 11.3. The first-order valence-electron chi connectivity index (χ1n) is 4.61. The van der Waals surface area contributed by atoms with Crippen LogP contribution in [0.4, 0.5) is 0 Å². The van der Waals surface area contributed by atoms with Gasteiger partial charge in [0.25, 0.3) is 0 Å². The highest BCUT2D eigenvalue weighted by Gasteiger charge is 2.12. The van der Waals surface area contributed by atoms with E-state index in [2.05, 4.69) is 0 Å². The molecule has 88 valence electrons. The lowest BCUT2D eigenvalue weighted by Gasteiger charge is -2.06. The Morgan fingerprint density at radius 3 is 2.75 bits per heavy atom. The van der Waals surface area contributed by atoms with Crippen LogP contribution < -0.4 is 10.4 Å². The smallest absolute Gasteiger partial charge is 0.345 e. The number of ether oxygens (including phenoxy) is 1. The van der Waals surface area contributed by atoms with Gasteiger partial charge in [0, 0.05) is 12.5 Å². The van der Waals surface area contributed by atoms with Crippen LogP contribution in [0.1, 0.15) is 17.7 Å². The van der Waals surface area contributed by atoms with Crippen molar-refractivity contribution in [1.29, 1.82) is 0 Å². The number of aryl methyl sites for hydroxylation is 1. The Bertz CT molecular complexity index is 433. The molecule has 6 nitrogen and oxygen atoms in total. The van der Waals surface area contributed by atoms with Crippen molar-refractivity contribution in [2.24, 2.45) is 0 Å². The van der Waals surface area contributed by atoms with Crippen LogP contribution in [0, 0.1) is 0 Å². The minimum atomic E-state index is -0.979. The molecule has 0 aliphatic heterocycles. The molecule has 1 heterocycles. The normalized spacial score (nSPS) is 10.1. The first kappa shape index (κ1) is 12.3. The van der Waals surface area contributed by atoms with E-state index in [4.69, 9.17) is 19.4 Å². The summed E-state index contributed by atoms with van der Waals surface area (Å²) in [6, 6.07) is 1.41. The second-order valence-corrected chi connectivity index (χ2v) is 3.10. The van der Waals surface area contributed by atoms with Crippen molar-refractivity contribution >= 4 is 5.97 Å². The molecule has 0 unspecified atom stereocenters. The molecule has 0 saturated carbocycles. The van der Waals surface area contributed by atoms with E-state index < -0.39 is 18.2 Å². The van der Waals surface area contributed by atoms with E-state index in [0.717, 1.165) is 0 Å². The Balaban J connectivity index is 3.01. The summed E-state index contributed by atoms with van der Waals surface area (Å²) in [6.07, 6.45) is -0.0305. The fourth-order valence-corrected chi connectivity index (χ4v) is 1.22. The van der Waals surface area contributed by atoms with E-state index in [0.29, 0.717) is 0 Å². The van der Waals surface area contributed by atoms with Crippen molar-refractivity contribution in [2.45, 2.75) is 19.4 Å². The van der Waals surface area contributed by atoms with Crippen LogP contribution in [0.2, 0.25) is 0 Å². The number of aliphatic carboxylic acids is 1. The van der Waals surface area contributed by atoms with Gasteiger partial charge in [-0.2, -0.15) is 0 Å². The van der Waals surface area contributed by atoms with Crippen molar-refractivity contribution in [3.8, 4) is 5.75 Å². The molecule has 0 spiro atoms. The fraction of sp³-hybridized carbons (Fsp3) is 0.400. The van der Waals surface area contributed by atoms with Crippen LogP contribution in [-0.4, -0.2) is 23.3 Å². The van der Waals surface area contributed by atoms with E-state index in [1.165, 1.54) is 13.2 Å². The molecular weight excluding hydrogens is 216 g/mol. The largest absolute Gasteiger partial charge is 0.496 e. The molecule has 0 atom stereocenters. The zero-order chi connectivity index (χ0) is 12.1. The molecule has 0 radical (unpaired) electrons. The van der Waals surface area contributed by atoms with E-state index in [1.54, 1.807) is 0 Å². The van der Waals surface area contributed by atoms with Crippen LogP contribution in [0.25, 0.3) is 0 Å². The Morgan fingerprint density at radius 1 is 1.56 bits per heavy atom. The Kier molecular flexibility index (Phi) is 4.07. The van der Waals surface area contributed by atoms with Crippen molar-refractivity contribution in [2.75, 3.05) is 7.11 Å². The van der Waals surface area contributed by atoms with Crippen LogP contribution in [0.15, 0.2) is 15.3 Å². The summed E-state index contributed by atoms with van der Waals surface area (Å²) in [5.74, 6) is -0.548. The molecule has 1 rings (SSSR count). The van der Waals surface area contributed by atoms with Gasteiger partial charge in [0.05, 0.1) is 20.1 Å². The number of aliphatic hydroxyl groups excluding tert-OH is 1. The monoisotopic (exact) mass is 228 g/mol. The fourth-order valence-electron chi connectivity index (χ4n) is 1.22. The molecule has 0 amide bonds. The van der Waals surface area contributed by atoms with Gasteiger partial charge in [-0.3, -0.25) is 4.79 Å². The van der Waals surface area contributed by atoms with E-state index in [9.17, 15) is 9.59 Å². The SMILES string of the molecule is COc1cc(CCC(=O)O)oc(=O)c1CO. The van der Waals surface area contributed by atoms with E-state index in [1.807, 2.05) is 0 Å². The molecule has 0 saturated heterocycles. The summed E-state index contributed by atoms with van der Waals surface area (Å²) in [7, 11) is 1.36. The molecule has 0 aliphatic rings. The lowest BCUT2D eigenvalue weighted by atomic mass is 10.2. The summed E-state index contributed by atoms with van der Waals surface area (Å²) < 4.78 is 9.73. The van der Waals surface area contributed by atoms with Gasteiger partial charge in [-0.05, 0) is 0 Å². The Hall–Kier alpha value is -1.82. The molecule has 0 aliphatic carbocycles. The molecule has 16 heavy (non-hydrogen) atoms. The Morgan fingerprint density at radius 2 is 2.25 bits per heavy atom. The van der Waals surface area contributed by atoms with Gasteiger partial charge < -0.3 is 19.4 Å². The minimum absolute atomic E-state index is 0.0292. The number of carboxylic acid groups (broad SMARTS) is 1. The van der Waals surface area contributed by atoms with Crippen LogP contribution in [0.3, 0.4) is 0 Å². The van der Waals surface area contributed by atoms with Gasteiger partial charge in [0.1, 0.15) is 17.1 Å². The lowest BCUT2D eigenvalue weighted by Crippen LogP contribution is -2.11. The highest BCUT2D eigenvalue weighted by atomic mass is 16.5. The topological polar surface area (TPSA) is 97.0 Å².